The molecule has 1 aliphatic rings. The third-order valence-electron chi connectivity index (χ3n) is 3.14. The van der Waals surface area contributed by atoms with Crippen molar-refractivity contribution in [2.24, 2.45) is 0 Å². The van der Waals surface area contributed by atoms with E-state index in [9.17, 15) is 0 Å². The normalized spacial score (nSPS) is 19.4. The number of aromatic nitrogens is 1. The number of anilines is 1. The number of rotatable bonds is 6. The van der Waals surface area contributed by atoms with E-state index < -0.39 is 0 Å². The topological polar surface area (TPSA) is 37.4 Å². The van der Waals surface area contributed by atoms with Crippen LogP contribution in [-0.2, 0) is 17.9 Å². The minimum absolute atomic E-state index is 0.598. The van der Waals surface area contributed by atoms with Gasteiger partial charge in [-0.3, -0.25) is 0 Å². The summed E-state index contributed by atoms with van der Waals surface area (Å²) in [5.74, 6) is 2.49. The zero-order valence-electron chi connectivity index (χ0n) is 11.2. The molecule has 1 fully saturated rings. The summed E-state index contributed by atoms with van der Waals surface area (Å²) in [7, 11) is 5.85. The summed E-state index contributed by atoms with van der Waals surface area (Å²) in [6, 6.07) is 0.638. The number of hydrogen-bond donors (Lipinski definition) is 1. The summed E-state index contributed by atoms with van der Waals surface area (Å²) in [5, 5.41) is 4.32. The number of thioether (sulfide) groups is 1. The summed E-state index contributed by atoms with van der Waals surface area (Å²) in [6.07, 6.45) is 1.27. The molecule has 18 heavy (non-hydrogen) atoms. The molecule has 1 unspecified atom stereocenters. The minimum atomic E-state index is 0.598. The van der Waals surface area contributed by atoms with Crippen molar-refractivity contribution >= 4 is 28.2 Å². The van der Waals surface area contributed by atoms with Crippen LogP contribution in [0.4, 0.5) is 5.13 Å². The summed E-state index contributed by atoms with van der Waals surface area (Å²) in [4.78, 5) is 8.35. The zero-order valence-corrected chi connectivity index (χ0v) is 12.9. The Kier molecular flexibility index (Phi) is 5.29. The molecule has 0 saturated carbocycles. The molecule has 0 amide bonds. The summed E-state index contributed by atoms with van der Waals surface area (Å²) >= 11 is 3.82. The Morgan fingerprint density at radius 3 is 3.00 bits per heavy atom. The maximum atomic E-state index is 5.23. The number of thiazole rings is 1. The molecule has 0 bridgehead atoms. The van der Waals surface area contributed by atoms with Crippen molar-refractivity contribution in [1.29, 1.82) is 0 Å². The largest absolute Gasteiger partial charge is 0.378 e. The van der Waals surface area contributed by atoms with Crippen molar-refractivity contribution in [2.75, 3.05) is 37.6 Å². The molecule has 4 nitrogen and oxygen atoms in total. The van der Waals surface area contributed by atoms with Crippen LogP contribution in [0, 0.1) is 0 Å². The maximum absolute atomic E-state index is 5.23. The van der Waals surface area contributed by atoms with E-state index in [0.717, 1.165) is 17.4 Å². The molecule has 1 aromatic heterocycles. The molecule has 0 radical (unpaired) electrons. The van der Waals surface area contributed by atoms with Crippen LogP contribution < -0.4 is 10.2 Å². The molecule has 6 heteroatoms. The molecule has 1 aliphatic heterocycles. The van der Waals surface area contributed by atoms with Gasteiger partial charge in [0.15, 0.2) is 5.13 Å². The lowest BCUT2D eigenvalue weighted by Gasteiger charge is -2.22. The molecule has 2 heterocycles. The van der Waals surface area contributed by atoms with Gasteiger partial charge in [0.25, 0.3) is 0 Å². The first-order valence-corrected chi connectivity index (χ1v) is 8.16. The standard InChI is InChI=1S/C12H21N3OS2/c1-13-6-11-10(7-16-3)14-12(18-11)15(2)9-4-5-17-8-9/h9,13H,4-8H2,1-3H3. The summed E-state index contributed by atoms with van der Waals surface area (Å²) < 4.78 is 5.23. The molecular formula is C12H21N3OS2. The van der Waals surface area contributed by atoms with Crippen molar-refractivity contribution in [2.45, 2.75) is 25.6 Å². The fourth-order valence-electron chi connectivity index (χ4n) is 2.05. The quantitative estimate of drug-likeness (QED) is 0.865. The first-order valence-electron chi connectivity index (χ1n) is 6.19. The van der Waals surface area contributed by atoms with Gasteiger partial charge in [-0.05, 0) is 19.2 Å². The lowest BCUT2D eigenvalue weighted by Crippen LogP contribution is -2.31. The van der Waals surface area contributed by atoms with E-state index in [0.29, 0.717) is 12.6 Å². The van der Waals surface area contributed by atoms with Crippen molar-refractivity contribution in [3.63, 3.8) is 0 Å². The molecule has 1 aromatic rings. The van der Waals surface area contributed by atoms with E-state index in [1.807, 2.05) is 18.8 Å². The fraction of sp³-hybridized carbons (Fsp3) is 0.750. The average molecular weight is 287 g/mol. The van der Waals surface area contributed by atoms with Gasteiger partial charge in [0, 0.05) is 37.4 Å². The molecule has 0 aromatic carbocycles. The van der Waals surface area contributed by atoms with Gasteiger partial charge in [0.05, 0.1) is 12.3 Å². The van der Waals surface area contributed by atoms with Crippen LogP contribution in [0.25, 0.3) is 0 Å². The number of methoxy groups -OCH3 is 1. The highest BCUT2D eigenvalue weighted by Crippen LogP contribution is 2.31. The van der Waals surface area contributed by atoms with Crippen LogP contribution in [0.3, 0.4) is 0 Å². The zero-order chi connectivity index (χ0) is 13.0. The highest BCUT2D eigenvalue weighted by Gasteiger charge is 2.23. The van der Waals surface area contributed by atoms with Gasteiger partial charge in [-0.2, -0.15) is 11.8 Å². The minimum Gasteiger partial charge on any atom is -0.378 e. The van der Waals surface area contributed by atoms with Crippen LogP contribution >= 0.6 is 23.1 Å². The van der Waals surface area contributed by atoms with Crippen LogP contribution in [-0.4, -0.2) is 43.7 Å². The summed E-state index contributed by atoms with van der Waals surface area (Å²) in [5.41, 5.74) is 1.07. The van der Waals surface area contributed by atoms with E-state index >= 15 is 0 Å². The average Bonchev–Trinajstić information content (AvgIpc) is 2.99. The first kappa shape index (κ1) is 14.1. The second-order valence-corrected chi connectivity index (χ2v) is 6.67. The van der Waals surface area contributed by atoms with E-state index in [2.05, 4.69) is 17.3 Å². The lowest BCUT2D eigenvalue weighted by atomic mass is 10.2. The smallest absolute Gasteiger partial charge is 0.185 e. The first-order chi connectivity index (χ1) is 8.76. The summed E-state index contributed by atoms with van der Waals surface area (Å²) in [6.45, 7) is 1.46. The highest BCUT2D eigenvalue weighted by molar-refractivity contribution is 7.99. The van der Waals surface area contributed by atoms with Gasteiger partial charge < -0.3 is 15.0 Å². The van der Waals surface area contributed by atoms with Crippen molar-refractivity contribution in [3.8, 4) is 0 Å². The van der Waals surface area contributed by atoms with Crippen LogP contribution in [0.5, 0.6) is 0 Å². The predicted octanol–water partition coefficient (Wildman–Crippen LogP) is 1.95. The second-order valence-electron chi connectivity index (χ2n) is 4.46. The van der Waals surface area contributed by atoms with Crippen molar-refractivity contribution in [1.82, 2.24) is 10.3 Å². The van der Waals surface area contributed by atoms with Gasteiger partial charge in [0.1, 0.15) is 0 Å². The number of nitrogens with one attached hydrogen (secondary N) is 1. The molecular weight excluding hydrogens is 266 g/mol. The van der Waals surface area contributed by atoms with Gasteiger partial charge in [0.2, 0.25) is 0 Å². The molecule has 1 saturated heterocycles. The molecule has 0 aliphatic carbocycles. The maximum Gasteiger partial charge on any atom is 0.185 e. The monoisotopic (exact) mass is 287 g/mol. The number of ether oxygens (including phenoxy) is 1. The van der Waals surface area contributed by atoms with E-state index in [-0.39, 0.29) is 0 Å². The van der Waals surface area contributed by atoms with Crippen LogP contribution in [0.15, 0.2) is 0 Å². The number of nitrogens with zero attached hydrogens (tertiary/aromatic N) is 2. The van der Waals surface area contributed by atoms with Gasteiger partial charge >= 0.3 is 0 Å². The van der Waals surface area contributed by atoms with Crippen molar-refractivity contribution < 1.29 is 4.74 Å². The van der Waals surface area contributed by atoms with E-state index in [1.54, 1.807) is 18.4 Å². The second kappa shape index (κ2) is 6.75. The van der Waals surface area contributed by atoms with Crippen LogP contribution in [0.2, 0.25) is 0 Å². The Bertz CT molecular complexity index is 354. The van der Waals surface area contributed by atoms with Gasteiger partial charge in [-0.25, -0.2) is 4.98 Å². The third-order valence-corrected chi connectivity index (χ3v) is 5.47. The highest BCUT2D eigenvalue weighted by atomic mass is 32.2. The van der Waals surface area contributed by atoms with Crippen LogP contribution in [0.1, 0.15) is 17.0 Å². The predicted molar refractivity (Wildman–Crippen MR) is 79.7 cm³/mol. The van der Waals surface area contributed by atoms with Gasteiger partial charge in [-0.1, -0.05) is 0 Å². The molecule has 1 atom stereocenters. The van der Waals surface area contributed by atoms with Gasteiger partial charge in [-0.15, -0.1) is 11.3 Å². The van der Waals surface area contributed by atoms with Crippen molar-refractivity contribution in [3.05, 3.63) is 10.6 Å². The Labute approximate surface area is 117 Å². The Morgan fingerprint density at radius 1 is 1.56 bits per heavy atom. The Hall–Kier alpha value is -0.300. The number of hydrogen-bond acceptors (Lipinski definition) is 6. The molecule has 102 valence electrons. The van der Waals surface area contributed by atoms with E-state index in [1.165, 1.54) is 22.8 Å². The third kappa shape index (κ3) is 3.17. The molecule has 1 N–H and O–H groups in total. The fourth-order valence-corrected chi connectivity index (χ4v) is 4.43. The lowest BCUT2D eigenvalue weighted by molar-refractivity contribution is 0.181. The Morgan fingerprint density at radius 2 is 2.39 bits per heavy atom. The molecule has 2 rings (SSSR count). The van der Waals surface area contributed by atoms with E-state index in [4.69, 9.17) is 9.72 Å². The molecule has 0 spiro atoms. The Balaban J connectivity index is 2.13. The SMILES string of the molecule is CNCc1sc(N(C)C2CCSC2)nc1COC.